The summed E-state index contributed by atoms with van der Waals surface area (Å²) in [5.41, 5.74) is 2.87. The lowest BCUT2D eigenvalue weighted by Gasteiger charge is -2.43. The Hall–Kier alpha value is -1.64. The Morgan fingerprint density at radius 3 is 2.29 bits per heavy atom. The maximum atomic E-state index is 11.7. The second-order valence-corrected chi connectivity index (χ2v) is 6.99. The molecule has 0 amide bonds. The van der Waals surface area contributed by atoms with E-state index in [4.69, 9.17) is 4.74 Å². The van der Waals surface area contributed by atoms with Crippen LogP contribution in [0, 0.1) is 0 Å². The van der Waals surface area contributed by atoms with Gasteiger partial charge in [-0.2, -0.15) is 0 Å². The maximum Gasteiger partial charge on any atom is 0.302 e. The first kappa shape index (κ1) is 14.3. The van der Waals surface area contributed by atoms with Crippen molar-refractivity contribution in [3.8, 4) is 0 Å². The zero-order valence-corrected chi connectivity index (χ0v) is 13.2. The molecule has 1 aromatic rings. The summed E-state index contributed by atoms with van der Waals surface area (Å²) in [5, 5.41) is 0. The standard InChI is InChI=1S/C18H22O3/c1-11(19)13-6-7-14-15(10-13)18(4)9-5-8-17(14,3)16(18)21-12(2)20/h6-7,10,16H,5,8-9H2,1-4H3. The predicted octanol–water partition coefficient (Wildman–Crippen LogP) is 3.53. The number of benzene rings is 1. The van der Waals surface area contributed by atoms with Crippen LogP contribution in [0.3, 0.4) is 0 Å². The first-order chi connectivity index (χ1) is 9.79. The van der Waals surface area contributed by atoms with E-state index in [0.29, 0.717) is 0 Å². The minimum absolute atomic E-state index is 0.0806. The predicted molar refractivity (Wildman–Crippen MR) is 80.6 cm³/mol. The van der Waals surface area contributed by atoms with Gasteiger partial charge in [0.2, 0.25) is 0 Å². The minimum Gasteiger partial charge on any atom is -0.461 e. The van der Waals surface area contributed by atoms with Crippen LogP contribution in [0.25, 0.3) is 0 Å². The molecular formula is C18H22O3. The van der Waals surface area contributed by atoms with Gasteiger partial charge in [-0.05, 0) is 37.0 Å². The lowest BCUT2D eigenvalue weighted by molar-refractivity contribution is -0.156. The fourth-order valence-corrected chi connectivity index (χ4v) is 4.50. The first-order valence-corrected chi connectivity index (χ1v) is 7.62. The van der Waals surface area contributed by atoms with Gasteiger partial charge in [-0.25, -0.2) is 0 Å². The van der Waals surface area contributed by atoms with Crippen LogP contribution in [0.2, 0.25) is 0 Å². The molecule has 2 bridgehead atoms. The highest BCUT2D eigenvalue weighted by atomic mass is 16.5. The highest BCUT2D eigenvalue weighted by molar-refractivity contribution is 5.94. The molecule has 0 saturated heterocycles. The number of hydrogen-bond donors (Lipinski definition) is 0. The van der Waals surface area contributed by atoms with Crippen LogP contribution in [-0.4, -0.2) is 17.9 Å². The molecule has 2 aliphatic rings. The highest BCUT2D eigenvalue weighted by Crippen LogP contribution is 2.59. The van der Waals surface area contributed by atoms with Gasteiger partial charge in [0.25, 0.3) is 0 Å². The van der Waals surface area contributed by atoms with Crippen LogP contribution in [0.5, 0.6) is 0 Å². The molecule has 3 unspecified atom stereocenters. The van der Waals surface area contributed by atoms with E-state index in [-0.39, 0.29) is 28.7 Å². The molecule has 3 heteroatoms. The summed E-state index contributed by atoms with van der Waals surface area (Å²) in [6.45, 7) is 7.44. The largest absolute Gasteiger partial charge is 0.461 e. The Morgan fingerprint density at radius 2 is 1.71 bits per heavy atom. The second kappa shape index (κ2) is 4.43. The minimum atomic E-state index is -0.223. The van der Waals surface area contributed by atoms with Crippen molar-refractivity contribution in [2.24, 2.45) is 0 Å². The van der Waals surface area contributed by atoms with Crippen molar-refractivity contribution in [3.05, 3.63) is 34.9 Å². The number of rotatable bonds is 2. The van der Waals surface area contributed by atoms with Gasteiger partial charge in [-0.1, -0.05) is 32.4 Å². The van der Waals surface area contributed by atoms with Crippen LogP contribution in [0.1, 0.15) is 68.4 Å². The number of carbonyl (C=O) groups is 2. The molecule has 0 aliphatic heterocycles. The van der Waals surface area contributed by atoms with E-state index in [9.17, 15) is 9.59 Å². The molecular weight excluding hydrogens is 264 g/mol. The van der Waals surface area contributed by atoms with Gasteiger partial charge >= 0.3 is 5.97 Å². The highest BCUT2D eigenvalue weighted by Gasteiger charge is 2.59. The fourth-order valence-electron chi connectivity index (χ4n) is 4.50. The van der Waals surface area contributed by atoms with Crippen molar-refractivity contribution in [2.75, 3.05) is 0 Å². The van der Waals surface area contributed by atoms with Crippen molar-refractivity contribution in [1.82, 2.24) is 0 Å². The molecule has 3 rings (SSSR count). The quantitative estimate of drug-likeness (QED) is 0.617. The average Bonchev–Trinajstić information content (AvgIpc) is 2.52. The summed E-state index contributed by atoms with van der Waals surface area (Å²) in [5.74, 6) is -0.143. The molecule has 1 aromatic carbocycles. The Labute approximate surface area is 125 Å². The van der Waals surface area contributed by atoms with Crippen LogP contribution < -0.4 is 0 Å². The Morgan fingerprint density at radius 1 is 1.10 bits per heavy atom. The molecule has 1 saturated carbocycles. The summed E-state index contributed by atoms with van der Waals surface area (Å²) in [6, 6.07) is 5.99. The third-order valence-electron chi connectivity index (χ3n) is 5.49. The van der Waals surface area contributed by atoms with Gasteiger partial charge in [-0.15, -0.1) is 0 Å². The van der Waals surface area contributed by atoms with Gasteiger partial charge in [-0.3, -0.25) is 9.59 Å². The molecule has 0 aromatic heterocycles. The number of Topliss-reactive ketones (excluding diaryl/α,β-unsaturated/α-hetero) is 1. The summed E-state index contributed by atoms with van der Waals surface area (Å²) in [4.78, 5) is 23.3. The molecule has 0 heterocycles. The third-order valence-corrected chi connectivity index (χ3v) is 5.49. The van der Waals surface area contributed by atoms with Crippen LogP contribution >= 0.6 is 0 Å². The molecule has 3 nitrogen and oxygen atoms in total. The molecule has 112 valence electrons. The molecule has 3 atom stereocenters. The Bertz CT molecular complexity index is 633. The van der Waals surface area contributed by atoms with Crippen molar-refractivity contribution >= 4 is 11.8 Å². The lowest BCUT2D eigenvalue weighted by Crippen LogP contribution is -2.49. The normalized spacial score (nSPS) is 33.4. The van der Waals surface area contributed by atoms with Gasteiger partial charge in [0.15, 0.2) is 5.78 Å². The molecule has 21 heavy (non-hydrogen) atoms. The topological polar surface area (TPSA) is 43.4 Å². The average molecular weight is 286 g/mol. The van der Waals surface area contributed by atoms with Crippen LogP contribution in [-0.2, 0) is 20.4 Å². The summed E-state index contributed by atoms with van der Waals surface area (Å²) in [6.07, 6.45) is 3.00. The van der Waals surface area contributed by atoms with Crippen molar-refractivity contribution in [1.29, 1.82) is 0 Å². The van der Waals surface area contributed by atoms with Crippen LogP contribution in [0.15, 0.2) is 18.2 Å². The molecule has 2 aliphatic carbocycles. The Kier molecular flexibility index (Phi) is 3.01. The van der Waals surface area contributed by atoms with Gasteiger partial charge < -0.3 is 4.74 Å². The Balaban J connectivity index is 2.19. The van der Waals surface area contributed by atoms with E-state index in [1.165, 1.54) is 18.1 Å². The summed E-state index contributed by atoms with van der Waals surface area (Å²) in [7, 11) is 0. The smallest absolute Gasteiger partial charge is 0.302 e. The van der Waals surface area contributed by atoms with Gasteiger partial charge in [0, 0.05) is 23.3 Å². The number of ether oxygens (including phenoxy) is 1. The molecule has 0 radical (unpaired) electrons. The van der Waals surface area contributed by atoms with E-state index < -0.39 is 0 Å². The van der Waals surface area contributed by atoms with Crippen molar-refractivity contribution < 1.29 is 14.3 Å². The van der Waals surface area contributed by atoms with Crippen molar-refractivity contribution in [2.45, 2.75) is 63.9 Å². The fraction of sp³-hybridized carbons (Fsp3) is 0.556. The second-order valence-electron chi connectivity index (χ2n) is 6.99. The number of fused-ring (bicyclic) bond motifs is 5. The number of carbonyl (C=O) groups excluding carboxylic acids is 2. The van der Waals surface area contributed by atoms with E-state index in [1.807, 2.05) is 12.1 Å². The summed E-state index contributed by atoms with van der Waals surface area (Å²) >= 11 is 0. The van der Waals surface area contributed by atoms with Crippen LogP contribution in [0.4, 0.5) is 0 Å². The number of esters is 1. The van der Waals surface area contributed by atoms with E-state index >= 15 is 0 Å². The maximum absolute atomic E-state index is 11.7. The van der Waals surface area contributed by atoms with E-state index in [0.717, 1.165) is 24.8 Å². The van der Waals surface area contributed by atoms with E-state index in [1.54, 1.807) is 6.92 Å². The molecule has 1 fully saturated rings. The third kappa shape index (κ3) is 1.86. The number of hydrogen-bond acceptors (Lipinski definition) is 3. The lowest BCUT2D eigenvalue weighted by atomic mass is 9.66. The van der Waals surface area contributed by atoms with Gasteiger partial charge in [0.1, 0.15) is 6.10 Å². The monoisotopic (exact) mass is 286 g/mol. The zero-order chi connectivity index (χ0) is 15.4. The zero-order valence-electron chi connectivity index (χ0n) is 13.2. The van der Waals surface area contributed by atoms with E-state index in [2.05, 4.69) is 19.9 Å². The summed E-state index contributed by atoms with van der Waals surface area (Å²) < 4.78 is 5.74. The number of ketones is 1. The SMILES string of the molecule is CC(=O)OC1C2(C)CCCC1(C)c1cc(C(C)=O)ccc12. The molecule has 0 spiro atoms. The molecule has 0 N–H and O–H groups in total. The van der Waals surface area contributed by atoms with Crippen molar-refractivity contribution in [3.63, 3.8) is 0 Å². The van der Waals surface area contributed by atoms with Gasteiger partial charge in [0.05, 0.1) is 0 Å². The first-order valence-electron chi connectivity index (χ1n) is 7.62.